The van der Waals surface area contributed by atoms with Gasteiger partial charge in [0.15, 0.2) is 0 Å². The molecule has 0 bridgehead atoms. The molecule has 0 aromatic heterocycles. The van der Waals surface area contributed by atoms with Crippen LogP contribution in [0.15, 0.2) is 24.3 Å². The smallest absolute Gasteiger partial charge is 0.345 e. The Kier molecular flexibility index (Phi) is 4.21. The molecule has 0 aliphatic carbocycles. The lowest BCUT2D eigenvalue weighted by Crippen LogP contribution is -1.94. The quantitative estimate of drug-likeness (QED) is 0.782. The fourth-order valence-electron chi connectivity index (χ4n) is 1.06. The molecule has 1 rings (SSSR count). The SMILES string of the molecule is CCO[P+](=O)[C@@H](O)c1ccc(C)cc1. The van der Waals surface area contributed by atoms with Crippen molar-refractivity contribution in [2.24, 2.45) is 0 Å². The van der Waals surface area contributed by atoms with Crippen molar-refractivity contribution in [1.29, 1.82) is 0 Å². The first-order valence-corrected chi connectivity index (χ1v) is 5.73. The molecule has 1 aromatic carbocycles. The molecule has 0 heterocycles. The zero-order valence-electron chi connectivity index (χ0n) is 8.30. The third kappa shape index (κ3) is 2.88. The number of aliphatic hydroxyl groups is 1. The molecule has 0 radical (unpaired) electrons. The van der Waals surface area contributed by atoms with Crippen LogP contribution in [-0.2, 0) is 9.09 Å². The first kappa shape index (κ1) is 11.3. The predicted molar refractivity (Wildman–Crippen MR) is 55.4 cm³/mol. The fourth-order valence-corrected chi connectivity index (χ4v) is 1.87. The second-order valence-corrected chi connectivity index (χ2v) is 4.31. The van der Waals surface area contributed by atoms with Gasteiger partial charge in [-0.25, -0.2) is 0 Å². The van der Waals surface area contributed by atoms with Crippen molar-refractivity contribution >= 4 is 8.03 Å². The van der Waals surface area contributed by atoms with Crippen molar-refractivity contribution in [2.45, 2.75) is 19.7 Å². The maximum atomic E-state index is 11.3. The Balaban J connectivity index is 2.73. The molecule has 0 aliphatic rings. The van der Waals surface area contributed by atoms with Crippen molar-refractivity contribution in [3.05, 3.63) is 35.4 Å². The third-order valence-electron chi connectivity index (χ3n) is 1.83. The van der Waals surface area contributed by atoms with Crippen LogP contribution in [0.1, 0.15) is 23.9 Å². The standard InChI is InChI=1S/C10H14O3P/c1-3-13-14(12)10(11)9-6-4-8(2)5-7-9/h4-7,10-11H,3H2,1-2H3/q+1/t10-/m1/s1. The van der Waals surface area contributed by atoms with Gasteiger partial charge in [-0.3, -0.25) is 0 Å². The highest BCUT2D eigenvalue weighted by Crippen LogP contribution is 2.39. The summed E-state index contributed by atoms with van der Waals surface area (Å²) in [6.45, 7) is 4.05. The molecular weight excluding hydrogens is 199 g/mol. The Morgan fingerprint density at radius 2 is 2.00 bits per heavy atom. The average molecular weight is 213 g/mol. The molecule has 0 amide bonds. The van der Waals surface area contributed by atoms with Crippen LogP contribution in [0.4, 0.5) is 0 Å². The molecule has 3 nitrogen and oxygen atoms in total. The summed E-state index contributed by atoms with van der Waals surface area (Å²) >= 11 is 0. The minimum absolute atomic E-state index is 0.345. The number of aryl methyl sites for hydroxylation is 1. The van der Waals surface area contributed by atoms with Gasteiger partial charge in [-0.15, -0.1) is 4.52 Å². The zero-order chi connectivity index (χ0) is 10.6. The monoisotopic (exact) mass is 213 g/mol. The summed E-state index contributed by atoms with van der Waals surface area (Å²) in [5.74, 6) is -1.02. The molecule has 1 unspecified atom stereocenters. The molecule has 0 fully saturated rings. The van der Waals surface area contributed by atoms with Gasteiger partial charge in [0.2, 0.25) is 0 Å². The van der Waals surface area contributed by atoms with Crippen LogP contribution in [0, 0.1) is 6.92 Å². The summed E-state index contributed by atoms with van der Waals surface area (Å²) in [6.07, 6.45) is 0. The summed E-state index contributed by atoms with van der Waals surface area (Å²) < 4.78 is 16.2. The number of hydrogen-bond donors (Lipinski definition) is 1. The van der Waals surface area contributed by atoms with Crippen LogP contribution in [-0.4, -0.2) is 11.7 Å². The van der Waals surface area contributed by atoms with Crippen molar-refractivity contribution in [3.8, 4) is 0 Å². The van der Waals surface area contributed by atoms with E-state index in [9.17, 15) is 9.67 Å². The highest BCUT2D eigenvalue weighted by atomic mass is 31.1. The van der Waals surface area contributed by atoms with Gasteiger partial charge >= 0.3 is 13.9 Å². The lowest BCUT2D eigenvalue weighted by Gasteiger charge is -1.99. The molecule has 14 heavy (non-hydrogen) atoms. The predicted octanol–water partition coefficient (Wildman–Crippen LogP) is 2.76. The molecule has 4 heteroatoms. The van der Waals surface area contributed by atoms with E-state index in [2.05, 4.69) is 0 Å². The van der Waals surface area contributed by atoms with Crippen LogP contribution < -0.4 is 0 Å². The molecule has 0 saturated heterocycles. The maximum Gasteiger partial charge on any atom is 0.545 e. The minimum Gasteiger partial charge on any atom is -0.345 e. The van der Waals surface area contributed by atoms with E-state index in [-0.39, 0.29) is 0 Å². The number of hydrogen-bond acceptors (Lipinski definition) is 3. The van der Waals surface area contributed by atoms with E-state index in [1.807, 2.05) is 19.1 Å². The summed E-state index contributed by atoms with van der Waals surface area (Å²) in [6, 6.07) is 7.25. The Hall–Kier alpha value is -0.760. The van der Waals surface area contributed by atoms with Crippen LogP contribution >= 0.6 is 8.03 Å². The zero-order valence-corrected chi connectivity index (χ0v) is 9.20. The van der Waals surface area contributed by atoms with E-state index in [0.717, 1.165) is 5.56 Å². The number of rotatable bonds is 4. The molecular formula is C10H14O3P+. The average Bonchev–Trinajstić information content (AvgIpc) is 2.18. The normalized spacial score (nSPS) is 13.8. The topological polar surface area (TPSA) is 46.5 Å². The number of aliphatic hydroxyl groups excluding tert-OH is 1. The summed E-state index contributed by atoms with van der Waals surface area (Å²) in [4.78, 5) is 0. The second kappa shape index (κ2) is 5.20. The minimum atomic E-state index is -2.02. The van der Waals surface area contributed by atoms with Gasteiger partial charge in [0.1, 0.15) is 0 Å². The van der Waals surface area contributed by atoms with Gasteiger partial charge < -0.3 is 5.11 Å². The maximum absolute atomic E-state index is 11.3. The second-order valence-electron chi connectivity index (χ2n) is 2.99. The molecule has 0 aliphatic heterocycles. The van der Waals surface area contributed by atoms with Gasteiger partial charge in [0.25, 0.3) is 0 Å². The number of benzene rings is 1. The van der Waals surface area contributed by atoms with Gasteiger partial charge in [0, 0.05) is 5.56 Å². The highest BCUT2D eigenvalue weighted by molar-refractivity contribution is 7.39. The highest BCUT2D eigenvalue weighted by Gasteiger charge is 2.31. The molecule has 76 valence electrons. The van der Waals surface area contributed by atoms with Crippen LogP contribution in [0.3, 0.4) is 0 Å². The lowest BCUT2D eigenvalue weighted by atomic mass is 10.2. The molecule has 1 aromatic rings. The Morgan fingerprint density at radius 1 is 1.43 bits per heavy atom. The van der Waals surface area contributed by atoms with E-state index >= 15 is 0 Å². The molecule has 0 spiro atoms. The van der Waals surface area contributed by atoms with E-state index in [4.69, 9.17) is 4.52 Å². The van der Waals surface area contributed by atoms with E-state index in [1.165, 1.54) is 0 Å². The Bertz CT molecular complexity index is 308. The summed E-state index contributed by atoms with van der Waals surface area (Å²) in [5, 5.41) is 9.60. The van der Waals surface area contributed by atoms with E-state index in [0.29, 0.717) is 12.2 Å². The van der Waals surface area contributed by atoms with Crippen molar-refractivity contribution in [2.75, 3.05) is 6.61 Å². The largest absolute Gasteiger partial charge is 0.545 e. The lowest BCUT2D eigenvalue weighted by molar-refractivity contribution is 0.225. The fraction of sp³-hybridized carbons (Fsp3) is 0.400. The van der Waals surface area contributed by atoms with Crippen molar-refractivity contribution < 1.29 is 14.2 Å². The third-order valence-corrected chi connectivity index (χ3v) is 3.04. The van der Waals surface area contributed by atoms with Gasteiger partial charge in [0.05, 0.1) is 6.61 Å². The Labute approximate surface area is 84.6 Å². The van der Waals surface area contributed by atoms with Gasteiger partial charge in [-0.1, -0.05) is 29.8 Å². The van der Waals surface area contributed by atoms with Gasteiger partial charge in [-0.2, -0.15) is 0 Å². The first-order valence-electron chi connectivity index (χ1n) is 4.49. The molecule has 1 N–H and O–H groups in total. The van der Waals surface area contributed by atoms with Crippen LogP contribution in [0.5, 0.6) is 0 Å². The van der Waals surface area contributed by atoms with Crippen LogP contribution in [0.25, 0.3) is 0 Å². The van der Waals surface area contributed by atoms with Crippen molar-refractivity contribution in [3.63, 3.8) is 0 Å². The summed E-state index contributed by atoms with van der Waals surface area (Å²) in [5.41, 5.74) is 1.73. The summed E-state index contributed by atoms with van der Waals surface area (Å²) in [7, 11) is -2.02. The molecule has 2 atom stereocenters. The van der Waals surface area contributed by atoms with Gasteiger partial charge in [-0.05, 0) is 18.4 Å². The molecule has 0 saturated carbocycles. The van der Waals surface area contributed by atoms with Crippen molar-refractivity contribution in [1.82, 2.24) is 0 Å². The van der Waals surface area contributed by atoms with E-state index < -0.39 is 13.9 Å². The first-order chi connectivity index (χ1) is 6.65. The Morgan fingerprint density at radius 3 is 2.50 bits per heavy atom. The van der Waals surface area contributed by atoms with Crippen LogP contribution in [0.2, 0.25) is 0 Å². The van der Waals surface area contributed by atoms with E-state index in [1.54, 1.807) is 19.1 Å².